The average Bonchev–Trinajstić information content (AvgIpc) is 2.21. The van der Waals surface area contributed by atoms with Gasteiger partial charge < -0.3 is 16.2 Å². The summed E-state index contributed by atoms with van der Waals surface area (Å²) in [5, 5.41) is 11.1. The van der Waals surface area contributed by atoms with Gasteiger partial charge in [0.25, 0.3) is 0 Å². The lowest BCUT2D eigenvalue weighted by atomic mass is 10.2. The van der Waals surface area contributed by atoms with E-state index >= 15 is 0 Å². The van der Waals surface area contributed by atoms with E-state index in [0.29, 0.717) is 11.4 Å². The third-order valence-electron chi connectivity index (χ3n) is 1.86. The highest BCUT2D eigenvalue weighted by Crippen LogP contribution is 2.10. The van der Waals surface area contributed by atoms with Crippen molar-refractivity contribution in [3.05, 3.63) is 35.9 Å². The predicted molar refractivity (Wildman–Crippen MR) is 68.1 cm³/mol. The molecule has 1 aromatic rings. The van der Waals surface area contributed by atoms with Crippen LogP contribution in [0.3, 0.4) is 0 Å². The molecule has 6 heteroatoms. The maximum atomic E-state index is 11.3. The van der Waals surface area contributed by atoms with Crippen molar-refractivity contribution in [3.8, 4) is 0 Å². The zero-order valence-corrected chi connectivity index (χ0v) is 9.95. The van der Waals surface area contributed by atoms with Crippen LogP contribution in [0.1, 0.15) is 6.92 Å². The molecule has 0 saturated carbocycles. The number of rotatable bonds is 3. The molecular weight excluding hydrogens is 244 g/mol. The summed E-state index contributed by atoms with van der Waals surface area (Å²) in [4.78, 5) is 21.8. The number of hydrogen-bond donors (Lipinski definition) is 3. The summed E-state index contributed by atoms with van der Waals surface area (Å²) in [5.41, 5.74) is 6.61. The van der Waals surface area contributed by atoms with E-state index in [1.807, 2.05) is 0 Å². The quantitative estimate of drug-likeness (QED) is 0.566. The SMILES string of the molecule is CC(=CC(=O)Nc1ccc(N)cc1)C(=O)O.Cl. The molecule has 5 nitrogen and oxygen atoms in total. The van der Waals surface area contributed by atoms with Crippen molar-refractivity contribution >= 4 is 35.7 Å². The lowest BCUT2D eigenvalue weighted by Crippen LogP contribution is -2.10. The molecule has 0 heterocycles. The molecule has 0 aromatic heterocycles. The van der Waals surface area contributed by atoms with Crippen LogP contribution in [0.15, 0.2) is 35.9 Å². The number of amides is 1. The largest absolute Gasteiger partial charge is 0.478 e. The van der Waals surface area contributed by atoms with E-state index in [-0.39, 0.29) is 18.0 Å². The maximum Gasteiger partial charge on any atom is 0.331 e. The van der Waals surface area contributed by atoms with Crippen LogP contribution in [-0.2, 0) is 9.59 Å². The molecule has 1 amide bonds. The Morgan fingerprint density at radius 2 is 1.82 bits per heavy atom. The van der Waals surface area contributed by atoms with Gasteiger partial charge in [-0.2, -0.15) is 0 Å². The number of nitrogens with one attached hydrogen (secondary N) is 1. The van der Waals surface area contributed by atoms with Crippen molar-refractivity contribution in [2.75, 3.05) is 11.1 Å². The predicted octanol–water partition coefficient (Wildman–Crippen LogP) is 1.66. The summed E-state index contributed by atoms with van der Waals surface area (Å²) >= 11 is 0. The normalized spacial score (nSPS) is 10.3. The Kier molecular flexibility index (Phi) is 5.77. The van der Waals surface area contributed by atoms with Gasteiger partial charge in [0.05, 0.1) is 0 Å². The second-order valence-corrected chi connectivity index (χ2v) is 3.24. The van der Waals surface area contributed by atoms with Crippen LogP contribution in [0.2, 0.25) is 0 Å². The smallest absolute Gasteiger partial charge is 0.331 e. The number of carboxylic acids is 1. The Bertz CT molecular complexity index is 441. The van der Waals surface area contributed by atoms with Gasteiger partial charge in [0.2, 0.25) is 5.91 Å². The molecule has 1 aromatic carbocycles. The fourth-order valence-corrected chi connectivity index (χ4v) is 1.00. The first-order chi connectivity index (χ1) is 7.49. The van der Waals surface area contributed by atoms with Crippen molar-refractivity contribution in [2.45, 2.75) is 6.92 Å². The van der Waals surface area contributed by atoms with Crippen molar-refractivity contribution in [1.82, 2.24) is 0 Å². The van der Waals surface area contributed by atoms with E-state index in [1.54, 1.807) is 24.3 Å². The van der Waals surface area contributed by atoms with Crippen molar-refractivity contribution in [1.29, 1.82) is 0 Å². The first kappa shape index (κ1) is 15.0. The molecule has 17 heavy (non-hydrogen) atoms. The Morgan fingerprint density at radius 3 is 2.29 bits per heavy atom. The highest BCUT2D eigenvalue weighted by molar-refractivity contribution is 6.04. The van der Waals surface area contributed by atoms with Gasteiger partial charge >= 0.3 is 5.97 Å². The van der Waals surface area contributed by atoms with Gasteiger partial charge in [-0.25, -0.2) is 4.79 Å². The molecule has 92 valence electrons. The number of hydrogen-bond acceptors (Lipinski definition) is 3. The van der Waals surface area contributed by atoms with Crippen LogP contribution in [0.5, 0.6) is 0 Å². The van der Waals surface area contributed by atoms with Gasteiger partial charge in [-0.1, -0.05) is 0 Å². The summed E-state index contributed by atoms with van der Waals surface area (Å²) in [6, 6.07) is 6.56. The molecule has 0 aliphatic carbocycles. The highest BCUT2D eigenvalue weighted by atomic mass is 35.5. The first-order valence-electron chi connectivity index (χ1n) is 4.57. The number of carbonyl (C=O) groups is 2. The number of benzene rings is 1. The zero-order chi connectivity index (χ0) is 12.1. The molecular formula is C11H13ClN2O3. The first-order valence-corrected chi connectivity index (χ1v) is 4.57. The van der Waals surface area contributed by atoms with Gasteiger partial charge in [-0.15, -0.1) is 12.4 Å². The number of carbonyl (C=O) groups excluding carboxylic acids is 1. The van der Waals surface area contributed by atoms with Gasteiger partial charge in [-0.3, -0.25) is 4.79 Å². The molecule has 0 saturated heterocycles. The van der Waals surface area contributed by atoms with Crippen LogP contribution in [-0.4, -0.2) is 17.0 Å². The van der Waals surface area contributed by atoms with Gasteiger partial charge in [0, 0.05) is 23.0 Å². The van der Waals surface area contributed by atoms with Crippen molar-refractivity contribution in [2.24, 2.45) is 0 Å². The van der Waals surface area contributed by atoms with E-state index < -0.39 is 11.9 Å². The molecule has 0 aliphatic rings. The molecule has 1 rings (SSSR count). The summed E-state index contributed by atoms with van der Waals surface area (Å²) < 4.78 is 0. The van der Waals surface area contributed by atoms with E-state index in [4.69, 9.17) is 10.8 Å². The fourth-order valence-electron chi connectivity index (χ4n) is 1.00. The zero-order valence-electron chi connectivity index (χ0n) is 9.14. The Labute approximate surface area is 105 Å². The van der Waals surface area contributed by atoms with Gasteiger partial charge in [0.15, 0.2) is 0 Å². The van der Waals surface area contributed by atoms with Gasteiger partial charge in [-0.05, 0) is 31.2 Å². The lowest BCUT2D eigenvalue weighted by molar-refractivity contribution is -0.132. The average molecular weight is 257 g/mol. The second-order valence-electron chi connectivity index (χ2n) is 3.24. The lowest BCUT2D eigenvalue weighted by Gasteiger charge is -2.02. The molecule has 0 bridgehead atoms. The fraction of sp³-hybridized carbons (Fsp3) is 0.0909. The Hall–Kier alpha value is -2.01. The van der Waals surface area contributed by atoms with Crippen molar-refractivity contribution in [3.63, 3.8) is 0 Å². The number of halogens is 1. The standard InChI is InChI=1S/C11H12N2O3.ClH/c1-7(11(15)16)6-10(14)13-9-4-2-8(12)3-5-9;/h2-6H,12H2,1H3,(H,13,14)(H,15,16);1H. The summed E-state index contributed by atoms with van der Waals surface area (Å²) in [5.74, 6) is -1.60. The third-order valence-corrected chi connectivity index (χ3v) is 1.86. The van der Waals surface area contributed by atoms with E-state index in [9.17, 15) is 9.59 Å². The molecule has 0 spiro atoms. The molecule has 0 radical (unpaired) electrons. The Morgan fingerprint density at radius 1 is 1.29 bits per heavy atom. The van der Waals surface area contributed by atoms with Crippen LogP contribution in [0, 0.1) is 0 Å². The van der Waals surface area contributed by atoms with Gasteiger partial charge in [0.1, 0.15) is 0 Å². The number of aliphatic carboxylic acids is 1. The van der Waals surface area contributed by atoms with E-state index in [0.717, 1.165) is 6.08 Å². The third kappa shape index (κ3) is 5.03. The number of carboxylic acid groups (broad SMARTS) is 1. The minimum absolute atomic E-state index is 0. The molecule has 0 atom stereocenters. The number of nitrogens with two attached hydrogens (primary N) is 1. The molecule has 4 N–H and O–H groups in total. The minimum atomic E-state index is -1.12. The Balaban J connectivity index is 0.00000256. The summed E-state index contributed by atoms with van der Waals surface area (Å²) in [7, 11) is 0. The van der Waals surface area contributed by atoms with E-state index in [1.165, 1.54) is 6.92 Å². The monoisotopic (exact) mass is 256 g/mol. The van der Waals surface area contributed by atoms with Crippen LogP contribution < -0.4 is 11.1 Å². The van der Waals surface area contributed by atoms with Crippen LogP contribution >= 0.6 is 12.4 Å². The molecule has 0 unspecified atom stereocenters. The van der Waals surface area contributed by atoms with Crippen LogP contribution in [0.25, 0.3) is 0 Å². The van der Waals surface area contributed by atoms with Crippen molar-refractivity contribution < 1.29 is 14.7 Å². The minimum Gasteiger partial charge on any atom is -0.478 e. The summed E-state index contributed by atoms with van der Waals surface area (Å²) in [6.45, 7) is 1.35. The highest BCUT2D eigenvalue weighted by Gasteiger charge is 2.04. The topological polar surface area (TPSA) is 92.4 Å². The summed E-state index contributed by atoms with van der Waals surface area (Å²) in [6.07, 6.45) is 1.03. The second kappa shape index (κ2) is 6.55. The van der Waals surface area contributed by atoms with Crippen LogP contribution in [0.4, 0.5) is 11.4 Å². The maximum absolute atomic E-state index is 11.3. The molecule has 0 aliphatic heterocycles. The molecule has 0 fully saturated rings. The number of nitrogen functional groups attached to an aromatic ring is 1. The van der Waals surface area contributed by atoms with E-state index in [2.05, 4.69) is 5.32 Å². The number of anilines is 2.